The van der Waals surface area contributed by atoms with Gasteiger partial charge in [-0.25, -0.2) is 0 Å². The van der Waals surface area contributed by atoms with Gasteiger partial charge in [-0.3, -0.25) is 14.5 Å². The van der Waals surface area contributed by atoms with E-state index in [1.54, 1.807) is 36.4 Å². The van der Waals surface area contributed by atoms with Crippen LogP contribution in [0.15, 0.2) is 65.6 Å². The normalized spacial score (nSPS) is 14.9. The molecular formula is C24H15Cl4NO3S. The molecule has 4 rings (SSSR count). The predicted octanol–water partition coefficient (Wildman–Crippen LogP) is 8.12. The van der Waals surface area contributed by atoms with E-state index in [1.165, 1.54) is 0 Å². The second-order valence-electron chi connectivity index (χ2n) is 7.10. The van der Waals surface area contributed by atoms with Crippen LogP contribution in [0.4, 0.5) is 4.79 Å². The Labute approximate surface area is 215 Å². The van der Waals surface area contributed by atoms with Crippen LogP contribution in [0.1, 0.15) is 16.7 Å². The molecule has 1 fully saturated rings. The summed E-state index contributed by atoms with van der Waals surface area (Å²) in [5.41, 5.74) is 2.14. The van der Waals surface area contributed by atoms with Crippen molar-refractivity contribution in [2.24, 2.45) is 0 Å². The van der Waals surface area contributed by atoms with Crippen molar-refractivity contribution >= 4 is 75.4 Å². The third-order valence-electron chi connectivity index (χ3n) is 4.75. The van der Waals surface area contributed by atoms with Gasteiger partial charge in [0.1, 0.15) is 12.4 Å². The minimum Gasteiger partial charge on any atom is -0.487 e. The predicted molar refractivity (Wildman–Crippen MR) is 135 cm³/mol. The van der Waals surface area contributed by atoms with Gasteiger partial charge < -0.3 is 4.74 Å². The van der Waals surface area contributed by atoms with E-state index in [0.29, 0.717) is 37.0 Å². The Morgan fingerprint density at radius 2 is 1.61 bits per heavy atom. The highest BCUT2D eigenvalue weighted by molar-refractivity contribution is 8.18. The average molecular weight is 539 g/mol. The number of carbonyl (C=O) groups is 2. The Balaban J connectivity index is 1.59. The fraction of sp³-hybridized carbons (Fsp3) is 0.0833. The number of hydrogen-bond donors (Lipinski definition) is 0. The number of benzene rings is 3. The van der Waals surface area contributed by atoms with Crippen molar-refractivity contribution in [1.82, 2.24) is 4.90 Å². The minimum absolute atomic E-state index is 0.0760. The molecule has 3 aromatic carbocycles. The molecule has 1 heterocycles. The van der Waals surface area contributed by atoms with Crippen LogP contribution in [0.2, 0.25) is 20.1 Å². The largest absolute Gasteiger partial charge is 0.487 e. The Bertz CT molecular complexity index is 1260. The lowest BCUT2D eigenvalue weighted by atomic mass is 10.1. The van der Waals surface area contributed by atoms with E-state index >= 15 is 0 Å². The molecule has 4 nitrogen and oxygen atoms in total. The monoisotopic (exact) mass is 537 g/mol. The van der Waals surface area contributed by atoms with Crippen molar-refractivity contribution in [3.8, 4) is 5.75 Å². The Morgan fingerprint density at radius 3 is 2.33 bits per heavy atom. The zero-order valence-electron chi connectivity index (χ0n) is 16.9. The fourth-order valence-electron chi connectivity index (χ4n) is 3.17. The van der Waals surface area contributed by atoms with E-state index in [1.807, 2.05) is 30.3 Å². The van der Waals surface area contributed by atoms with Crippen molar-refractivity contribution < 1.29 is 14.3 Å². The summed E-state index contributed by atoms with van der Waals surface area (Å²) in [6.45, 7) is 0.356. The molecule has 0 aliphatic carbocycles. The number of carbonyl (C=O) groups excluding carboxylic acids is 2. The lowest BCUT2D eigenvalue weighted by molar-refractivity contribution is -0.123. The summed E-state index contributed by atoms with van der Waals surface area (Å²) < 4.78 is 5.95. The maximum atomic E-state index is 13.0. The molecule has 9 heteroatoms. The SMILES string of the molecule is O=C1S/C(=C\c2cc(Cl)cc(Cl)c2OCc2ccccc2)C(=O)N1Cc1ccc(Cl)c(Cl)c1. The maximum Gasteiger partial charge on any atom is 0.293 e. The molecule has 1 saturated heterocycles. The highest BCUT2D eigenvalue weighted by Crippen LogP contribution is 2.39. The first-order valence-corrected chi connectivity index (χ1v) is 12.0. The van der Waals surface area contributed by atoms with Gasteiger partial charge in [0.15, 0.2) is 0 Å². The summed E-state index contributed by atoms with van der Waals surface area (Å²) >= 11 is 25.4. The first kappa shape index (κ1) is 24.0. The van der Waals surface area contributed by atoms with Crippen LogP contribution in [0, 0.1) is 0 Å². The van der Waals surface area contributed by atoms with Crippen molar-refractivity contribution in [3.63, 3.8) is 0 Å². The summed E-state index contributed by atoms with van der Waals surface area (Å²) in [6.07, 6.45) is 1.57. The zero-order chi connectivity index (χ0) is 23.5. The lowest BCUT2D eigenvalue weighted by Crippen LogP contribution is -2.27. The van der Waals surface area contributed by atoms with Gasteiger partial charge in [0.2, 0.25) is 0 Å². The summed E-state index contributed by atoms with van der Waals surface area (Å²) in [4.78, 5) is 26.9. The van der Waals surface area contributed by atoms with Crippen LogP contribution >= 0.6 is 58.2 Å². The molecule has 0 radical (unpaired) electrons. The molecule has 0 N–H and O–H groups in total. The average Bonchev–Trinajstić information content (AvgIpc) is 3.03. The molecule has 168 valence electrons. The number of thioether (sulfide) groups is 1. The van der Waals surface area contributed by atoms with Crippen molar-refractivity contribution in [2.75, 3.05) is 0 Å². The number of nitrogens with zero attached hydrogens (tertiary/aromatic N) is 1. The smallest absolute Gasteiger partial charge is 0.293 e. The van der Waals surface area contributed by atoms with Gasteiger partial charge in [0.05, 0.1) is 26.5 Å². The topological polar surface area (TPSA) is 46.6 Å². The maximum absolute atomic E-state index is 13.0. The molecule has 2 amide bonds. The molecule has 0 spiro atoms. The second kappa shape index (κ2) is 10.4. The van der Waals surface area contributed by atoms with Crippen LogP contribution in [0.3, 0.4) is 0 Å². The molecule has 0 bridgehead atoms. The number of rotatable bonds is 6. The molecule has 0 aromatic heterocycles. The van der Waals surface area contributed by atoms with Crippen molar-refractivity contribution in [1.29, 1.82) is 0 Å². The quantitative estimate of drug-likeness (QED) is 0.297. The van der Waals surface area contributed by atoms with E-state index in [4.69, 9.17) is 51.1 Å². The third kappa shape index (κ3) is 5.68. The zero-order valence-corrected chi connectivity index (χ0v) is 20.7. The molecule has 1 aliphatic rings. The van der Waals surface area contributed by atoms with Crippen LogP contribution in [-0.2, 0) is 17.9 Å². The van der Waals surface area contributed by atoms with Crippen LogP contribution < -0.4 is 4.74 Å². The second-order valence-corrected chi connectivity index (χ2v) is 9.75. The summed E-state index contributed by atoms with van der Waals surface area (Å²) in [5, 5.41) is 1.05. The first-order chi connectivity index (χ1) is 15.8. The third-order valence-corrected chi connectivity index (χ3v) is 6.89. The van der Waals surface area contributed by atoms with Gasteiger partial charge in [0.25, 0.3) is 11.1 Å². The Morgan fingerprint density at radius 1 is 0.848 bits per heavy atom. The molecule has 0 atom stereocenters. The van der Waals surface area contributed by atoms with E-state index in [-0.39, 0.29) is 18.1 Å². The molecule has 3 aromatic rings. The van der Waals surface area contributed by atoms with Gasteiger partial charge in [-0.05, 0) is 53.2 Å². The van der Waals surface area contributed by atoms with Gasteiger partial charge in [-0.2, -0.15) is 0 Å². The lowest BCUT2D eigenvalue weighted by Gasteiger charge is -2.13. The standard InChI is InChI=1S/C24H15Cl4NO3S/c25-17-9-16(22(20(28)11-17)32-13-14-4-2-1-3-5-14)10-21-23(30)29(24(31)33-21)12-15-6-7-18(26)19(27)8-15/h1-11H,12-13H2/b21-10-. The van der Waals surface area contributed by atoms with Crippen LogP contribution in [0.5, 0.6) is 5.75 Å². The van der Waals surface area contributed by atoms with Crippen molar-refractivity contribution in [3.05, 3.63) is 102 Å². The van der Waals surface area contributed by atoms with E-state index in [0.717, 1.165) is 22.2 Å². The van der Waals surface area contributed by atoms with Gasteiger partial charge >= 0.3 is 0 Å². The van der Waals surface area contributed by atoms with E-state index < -0.39 is 11.1 Å². The summed E-state index contributed by atoms with van der Waals surface area (Å²) in [5.74, 6) is -0.0534. The fourth-order valence-corrected chi connectivity index (χ4v) is 4.88. The summed E-state index contributed by atoms with van der Waals surface area (Å²) in [7, 11) is 0. The molecular weight excluding hydrogens is 524 g/mol. The van der Waals surface area contributed by atoms with Gasteiger partial charge in [-0.1, -0.05) is 82.8 Å². The number of ether oxygens (including phenoxy) is 1. The molecule has 1 aliphatic heterocycles. The number of amides is 2. The highest BCUT2D eigenvalue weighted by Gasteiger charge is 2.35. The van der Waals surface area contributed by atoms with Crippen molar-refractivity contribution in [2.45, 2.75) is 13.2 Å². The highest BCUT2D eigenvalue weighted by atomic mass is 35.5. The molecule has 33 heavy (non-hydrogen) atoms. The van der Waals surface area contributed by atoms with E-state index in [9.17, 15) is 9.59 Å². The number of hydrogen-bond acceptors (Lipinski definition) is 4. The van der Waals surface area contributed by atoms with Gasteiger partial charge in [0, 0.05) is 10.6 Å². The van der Waals surface area contributed by atoms with Crippen LogP contribution in [0.25, 0.3) is 6.08 Å². The first-order valence-electron chi connectivity index (χ1n) is 9.67. The summed E-state index contributed by atoms with van der Waals surface area (Å²) in [6, 6.07) is 17.8. The minimum atomic E-state index is -0.429. The molecule has 0 saturated carbocycles. The van der Waals surface area contributed by atoms with Gasteiger partial charge in [-0.15, -0.1) is 0 Å². The number of imide groups is 1. The molecule has 0 unspecified atom stereocenters. The van der Waals surface area contributed by atoms with E-state index in [2.05, 4.69) is 0 Å². The Hall–Kier alpha value is -2.15. The number of halogens is 4. The Kier molecular flexibility index (Phi) is 7.57. The van der Waals surface area contributed by atoms with Crippen LogP contribution in [-0.4, -0.2) is 16.0 Å².